The molecule has 0 aliphatic heterocycles. The molecule has 0 saturated carbocycles. The first kappa shape index (κ1) is 28.4. The van der Waals surface area contributed by atoms with Gasteiger partial charge in [0, 0.05) is 35.9 Å². The number of esters is 1. The van der Waals surface area contributed by atoms with Crippen molar-refractivity contribution >= 4 is 41.8 Å². The van der Waals surface area contributed by atoms with Gasteiger partial charge in [0.15, 0.2) is 0 Å². The van der Waals surface area contributed by atoms with Gasteiger partial charge >= 0.3 is 5.97 Å². The van der Waals surface area contributed by atoms with Crippen LogP contribution in [0.15, 0.2) is 73.4 Å². The second kappa shape index (κ2) is 13.9. The van der Waals surface area contributed by atoms with Gasteiger partial charge in [-0.25, -0.2) is 13.9 Å². The van der Waals surface area contributed by atoms with Crippen molar-refractivity contribution < 1.29 is 23.5 Å². The number of aromatic nitrogens is 2. The molecule has 1 heterocycles. The van der Waals surface area contributed by atoms with Crippen LogP contribution in [0.3, 0.4) is 0 Å². The van der Waals surface area contributed by atoms with Crippen molar-refractivity contribution in [2.24, 2.45) is 0 Å². The van der Waals surface area contributed by atoms with Gasteiger partial charge in [-0.3, -0.25) is 0 Å². The smallest absolute Gasteiger partial charge is 0.338 e. The number of hydrogen-bond acceptors (Lipinski definition) is 7. The number of nitrogens with zero attached hydrogens (tertiary/aromatic N) is 2. The van der Waals surface area contributed by atoms with E-state index in [1.165, 1.54) is 12.1 Å². The van der Waals surface area contributed by atoms with Crippen LogP contribution >= 0.6 is 0 Å². The van der Waals surface area contributed by atoms with Crippen LogP contribution < -0.4 is 10.6 Å². The Morgan fingerprint density at radius 2 is 1.68 bits per heavy atom. The molecule has 9 heteroatoms. The van der Waals surface area contributed by atoms with Gasteiger partial charge in [0.05, 0.1) is 29.6 Å². The first-order valence-electron chi connectivity index (χ1n) is 11.2. The maximum absolute atomic E-state index is 13.4. The summed E-state index contributed by atoms with van der Waals surface area (Å²) < 4.78 is 20.3. The van der Waals surface area contributed by atoms with Crippen LogP contribution in [0.1, 0.15) is 28.4 Å². The van der Waals surface area contributed by atoms with Crippen LogP contribution in [-0.4, -0.2) is 43.0 Å². The Morgan fingerprint density at radius 3 is 2.27 bits per heavy atom. The second-order valence-electron chi connectivity index (χ2n) is 7.49. The minimum Gasteiger partial charge on any atom is -0.462 e. The number of ether oxygens (including phenoxy) is 1. The Hall–Kier alpha value is -4.79. The highest BCUT2D eigenvalue weighted by molar-refractivity contribution is 5.99. The maximum atomic E-state index is 13.4. The van der Waals surface area contributed by atoms with Crippen molar-refractivity contribution in [1.29, 1.82) is 0 Å². The highest BCUT2D eigenvalue weighted by Crippen LogP contribution is 2.28. The van der Waals surface area contributed by atoms with Crippen molar-refractivity contribution in [3.05, 3.63) is 95.9 Å². The number of fused-ring (bicyclic) bond motifs is 1. The molecule has 4 aromatic rings. The van der Waals surface area contributed by atoms with Gasteiger partial charge in [-0.1, -0.05) is 18.7 Å². The number of halogens is 1. The molecule has 1 aromatic heterocycles. The number of rotatable bonds is 8. The van der Waals surface area contributed by atoms with Crippen LogP contribution in [0, 0.1) is 5.82 Å². The summed E-state index contributed by atoms with van der Waals surface area (Å²) in [6.07, 6.45) is 1.72. The number of carbonyl (C=O) groups excluding carboxylic acids is 3. The molecule has 0 saturated heterocycles. The molecular formula is C28H29FN4O4. The lowest BCUT2D eigenvalue weighted by Gasteiger charge is -2.14. The molecule has 0 unspecified atom stereocenters. The fraction of sp³-hybridized carbons (Fsp3) is 0.143. The van der Waals surface area contributed by atoms with Crippen molar-refractivity contribution in [2.75, 3.05) is 19.0 Å². The lowest BCUT2D eigenvalue weighted by atomic mass is 10.0. The molecule has 4 rings (SSSR count). The maximum Gasteiger partial charge on any atom is 0.338 e. The number of anilines is 1. The molecule has 2 N–H and O–H groups in total. The summed E-state index contributed by atoms with van der Waals surface area (Å²) in [6, 6.07) is 17.6. The minimum atomic E-state index is -0.428. The molecule has 0 aliphatic rings. The second-order valence-corrected chi connectivity index (χ2v) is 7.49. The summed E-state index contributed by atoms with van der Waals surface area (Å²) in [5.74, 6) is -0.758. The van der Waals surface area contributed by atoms with E-state index in [2.05, 4.69) is 22.3 Å². The Kier molecular flexibility index (Phi) is 10.7. The summed E-state index contributed by atoms with van der Waals surface area (Å²) in [7, 11) is 1.88. The molecule has 0 aliphatic carbocycles. The van der Waals surface area contributed by atoms with E-state index in [0.29, 0.717) is 29.0 Å². The van der Waals surface area contributed by atoms with Crippen molar-refractivity contribution in [2.45, 2.75) is 13.5 Å². The summed E-state index contributed by atoms with van der Waals surface area (Å²) >= 11 is 0. The van der Waals surface area contributed by atoms with Crippen LogP contribution in [0.2, 0.25) is 0 Å². The summed E-state index contributed by atoms with van der Waals surface area (Å²) in [5.41, 5.74) is 5.30. The van der Waals surface area contributed by atoms with Crippen LogP contribution in [0.25, 0.3) is 22.3 Å². The molecule has 0 atom stereocenters. The Balaban J connectivity index is 0.00000115. The molecule has 0 bridgehead atoms. The van der Waals surface area contributed by atoms with E-state index in [1.807, 2.05) is 44.9 Å². The normalized spacial score (nSPS) is 9.81. The highest BCUT2D eigenvalue weighted by Gasteiger charge is 2.17. The first-order chi connectivity index (χ1) is 18.0. The lowest BCUT2D eigenvalue weighted by Crippen LogP contribution is -2.12. The molecule has 0 radical (unpaired) electrons. The van der Waals surface area contributed by atoms with E-state index in [4.69, 9.17) is 14.3 Å². The fourth-order valence-electron chi connectivity index (χ4n) is 3.59. The molecule has 192 valence electrons. The predicted molar refractivity (Wildman–Crippen MR) is 143 cm³/mol. The molecule has 37 heavy (non-hydrogen) atoms. The summed E-state index contributed by atoms with van der Waals surface area (Å²) in [4.78, 5) is 28.6. The van der Waals surface area contributed by atoms with Gasteiger partial charge in [0.2, 0.25) is 0 Å². The third-order valence-electron chi connectivity index (χ3n) is 5.34. The number of hydrogen-bond donors (Lipinski definition) is 2. The Morgan fingerprint density at radius 1 is 1.03 bits per heavy atom. The van der Waals surface area contributed by atoms with Crippen LogP contribution in [0.4, 0.5) is 10.1 Å². The van der Waals surface area contributed by atoms with Gasteiger partial charge in [0.25, 0.3) is 0 Å². The monoisotopic (exact) mass is 504 g/mol. The zero-order valence-electron chi connectivity index (χ0n) is 20.8. The zero-order chi connectivity index (χ0) is 27.4. The lowest BCUT2D eigenvalue weighted by molar-refractivity contribution is -0.0987. The van der Waals surface area contributed by atoms with E-state index >= 15 is 0 Å². The van der Waals surface area contributed by atoms with Gasteiger partial charge in [0.1, 0.15) is 19.4 Å². The van der Waals surface area contributed by atoms with E-state index < -0.39 is 5.97 Å². The molecular weight excluding hydrogens is 475 g/mol. The molecule has 8 nitrogen and oxygen atoms in total. The highest BCUT2D eigenvalue weighted by atomic mass is 19.1. The molecule has 0 amide bonds. The quantitative estimate of drug-likeness (QED) is 0.333. The van der Waals surface area contributed by atoms with E-state index in [9.17, 15) is 9.18 Å². The summed E-state index contributed by atoms with van der Waals surface area (Å²) in [5, 5.41) is 11.7. The van der Waals surface area contributed by atoms with Crippen molar-refractivity contribution in [3.63, 3.8) is 0 Å². The predicted octanol–water partition coefficient (Wildman–Crippen LogP) is 4.77. The van der Waals surface area contributed by atoms with Crippen LogP contribution in [-0.2, 0) is 20.9 Å². The Bertz CT molecular complexity index is 1330. The van der Waals surface area contributed by atoms with E-state index in [-0.39, 0.29) is 12.4 Å². The zero-order valence-corrected chi connectivity index (χ0v) is 20.8. The third kappa shape index (κ3) is 6.88. The first-order valence-corrected chi connectivity index (χ1v) is 11.2. The molecule has 0 fully saturated rings. The standard InChI is InChI=1S/C26H25FN4O2.2CH2O/c1-4-33-26(32)19-13-23(17(2)29-15-18-5-9-21(28-3)10-6-18)24-16-30-31(25(24)14-19)22-11-7-20(27)8-12-22;2*1-2/h5-14,16,28-29H,2,4,15H2,1,3H3;2*1H2. The topological polar surface area (TPSA) is 102 Å². The molecule has 3 aromatic carbocycles. The average molecular weight is 505 g/mol. The fourth-order valence-corrected chi connectivity index (χ4v) is 3.59. The van der Waals surface area contributed by atoms with Gasteiger partial charge in [-0.05, 0) is 61.0 Å². The number of carbonyl (C=O) groups is 3. The van der Waals surface area contributed by atoms with Crippen LogP contribution in [0.5, 0.6) is 0 Å². The number of nitrogens with one attached hydrogen (secondary N) is 2. The Labute approximate surface area is 214 Å². The minimum absolute atomic E-state index is 0.269. The van der Waals surface area contributed by atoms with Crippen molar-refractivity contribution in [1.82, 2.24) is 15.1 Å². The SMILES string of the molecule is C=C(NCc1ccc(NC)cc1)c1cc(C(=O)OCC)cc2c1cnn2-c1ccc(F)cc1.C=O.C=O. The van der Waals surface area contributed by atoms with E-state index in [0.717, 1.165) is 22.2 Å². The van der Waals surface area contributed by atoms with Gasteiger partial charge in [-0.2, -0.15) is 5.10 Å². The third-order valence-corrected chi connectivity index (χ3v) is 5.34. The largest absolute Gasteiger partial charge is 0.462 e. The number of benzene rings is 3. The van der Waals surface area contributed by atoms with Gasteiger partial charge < -0.3 is 25.0 Å². The molecule has 0 spiro atoms. The summed E-state index contributed by atoms with van der Waals surface area (Å²) in [6.45, 7) is 10.8. The average Bonchev–Trinajstić information content (AvgIpc) is 3.38. The van der Waals surface area contributed by atoms with E-state index in [1.54, 1.807) is 42.1 Å². The van der Waals surface area contributed by atoms with Crippen molar-refractivity contribution in [3.8, 4) is 5.69 Å². The van der Waals surface area contributed by atoms with Gasteiger partial charge in [-0.15, -0.1) is 0 Å².